The zero-order valence-electron chi connectivity index (χ0n) is 11.7. The number of nitrogens with one attached hydrogen (secondary N) is 2. The Morgan fingerprint density at radius 2 is 2.37 bits per heavy atom. The second kappa shape index (κ2) is 5.86. The Balaban J connectivity index is 2.09. The molecule has 1 fully saturated rings. The summed E-state index contributed by atoms with van der Waals surface area (Å²) in [6.45, 7) is 8.11. The summed E-state index contributed by atoms with van der Waals surface area (Å²) in [6, 6.07) is 0.217. The molecule has 6 heteroatoms. The number of carbonyl (C=O) groups is 1. The van der Waals surface area contributed by atoms with Crippen LogP contribution in [0.4, 0.5) is 11.8 Å². The number of rotatable bonds is 4. The first-order valence-corrected chi connectivity index (χ1v) is 6.69. The fourth-order valence-electron chi connectivity index (χ4n) is 2.35. The van der Waals surface area contributed by atoms with Crippen LogP contribution >= 0.6 is 0 Å². The largest absolute Gasteiger partial charge is 0.354 e. The van der Waals surface area contributed by atoms with E-state index in [1.165, 1.54) is 0 Å². The van der Waals surface area contributed by atoms with Gasteiger partial charge in [0.15, 0.2) is 0 Å². The third kappa shape index (κ3) is 3.33. The number of aryl methyl sites for hydroxylation is 1. The lowest BCUT2D eigenvalue weighted by Crippen LogP contribution is -2.35. The highest BCUT2D eigenvalue weighted by Gasteiger charge is 2.25. The van der Waals surface area contributed by atoms with Gasteiger partial charge in [0, 0.05) is 44.4 Å². The van der Waals surface area contributed by atoms with E-state index in [1.54, 1.807) is 6.92 Å². The summed E-state index contributed by atoms with van der Waals surface area (Å²) in [5, 5.41) is 6.08. The van der Waals surface area contributed by atoms with Crippen molar-refractivity contribution in [2.45, 2.75) is 33.2 Å². The molecule has 6 nitrogen and oxygen atoms in total. The predicted octanol–water partition coefficient (Wildman–Crippen LogP) is 0.932. The van der Waals surface area contributed by atoms with E-state index in [4.69, 9.17) is 0 Å². The zero-order valence-corrected chi connectivity index (χ0v) is 11.7. The minimum atomic E-state index is 0.0274. The first kappa shape index (κ1) is 13.6. The van der Waals surface area contributed by atoms with Gasteiger partial charge in [0.05, 0.1) is 0 Å². The van der Waals surface area contributed by atoms with Crippen molar-refractivity contribution in [3.05, 3.63) is 11.8 Å². The minimum absolute atomic E-state index is 0.0274. The normalized spacial score (nSPS) is 18.5. The van der Waals surface area contributed by atoms with E-state index in [2.05, 4.69) is 25.5 Å². The Hall–Kier alpha value is -1.85. The Labute approximate surface area is 113 Å². The van der Waals surface area contributed by atoms with Gasteiger partial charge in [-0.2, -0.15) is 4.98 Å². The summed E-state index contributed by atoms with van der Waals surface area (Å²) in [5.74, 6) is 1.64. The molecule has 2 N–H and O–H groups in total. The molecule has 1 atom stereocenters. The fourth-order valence-corrected chi connectivity index (χ4v) is 2.35. The van der Waals surface area contributed by atoms with Crippen LogP contribution in [0.25, 0.3) is 0 Å². The van der Waals surface area contributed by atoms with E-state index < -0.39 is 0 Å². The summed E-state index contributed by atoms with van der Waals surface area (Å²) >= 11 is 0. The fraction of sp³-hybridized carbons (Fsp3) is 0.615. The topological polar surface area (TPSA) is 70.2 Å². The number of anilines is 2. The van der Waals surface area contributed by atoms with Crippen LogP contribution in [0, 0.1) is 6.92 Å². The highest BCUT2D eigenvalue weighted by atomic mass is 16.1. The maximum atomic E-state index is 11.1. The molecule has 0 spiro atoms. The van der Waals surface area contributed by atoms with Crippen molar-refractivity contribution >= 4 is 17.7 Å². The minimum Gasteiger partial charge on any atom is -0.354 e. The van der Waals surface area contributed by atoms with Gasteiger partial charge in [-0.3, -0.25) is 4.79 Å². The van der Waals surface area contributed by atoms with Crippen LogP contribution in [0.2, 0.25) is 0 Å². The quantitative estimate of drug-likeness (QED) is 0.845. The van der Waals surface area contributed by atoms with Gasteiger partial charge in [-0.15, -0.1) is 0 Å². The maximum Gasteiger partial charge on any atom is 0.224 e. The first-order valence-electron chi connectivity index (χ1n) is 6.69. The van der Waals surface area contributed by atoms with Crippen LogP contribution in [0.15, 0.2) is 6.20 Å². The standard InChI is InChI=1S/C13H21N5O/c1-4-14-13-15-7-9(2)12(17-13)18-6-5-11(8-18)16-10(3)19/h7,11H,4-6,8H2,1-3H3,(H,16,19)(H,14,15,17). The molecule has 1 aliphatic heterocycles. The molecule has 1 aromatic rings. The molecule has 1 aromatic heterocycles. The first-order chi connectivity index (χ1) is 9.10. The van der Waals surface area contributed by atoms with Crippen LogP contribution in [0.3, 0.4) is 0 Å². The smallest absolute Gasteiger partial charge is 0.224 e. The molecule has 1 saturated heterocycles. The number of amides is 1. The van der Waals surface area contributed by atoms with Crippen LogP contribution in [-0.4, -0.2) is 41.6 Å². The summed E-state index contributed by atoms with van der Waals surface area (Å²) in [6.07, 6.45) is 2.80. The van der Waals surface area contributed by atoms with E-state index in [0.29, 0.717) is 5.95 Å². The average molecular weight is 263 g/mol. The number of nitrogens with zero attached hydrogens (tertiary/aromatic N) is 3. The van der Waals surface area contributed by atoms with E-state index >= 15 is 0 Å². The lowest BCUT2D eigenvalue weighted by molar-refractivity contribution is -0.119. The van der Waals surface area contributed by atoms with Crippen molar-refractivity contribution in [2.75, 3.05) is 29.9 Å². The van der Waals surface area contributed by atoms with Gasteiger partial charge in [0.2, 0.25) is 11.9 Å². The van der Waals surface area contributed by atoms with Gasteiger partial charge in [-0.1, -0.05) is 0 Å². The number of hydrogen-bond donors (Lipinski definition) is 2. The molecule has 2 rings (SSSR count). The summed E-state index contributed by atoms with van der Waals surface area (Å²) in [5.41, 5.74) is 1.06. The van der Waals surface area contributed by atoms with Crippen molar-refractivity contribution < 1.29 is 4.79 Å². The second-order valence-corrected chi connectivity index (χ2v) is 4.86. The zero-order chi connectivity index (χ0) is 13.8. The summed E-state index contributed by atoms with van der Waals surface area (Å²) < 4.78 is 0. The number of aromatic nitrogens is 2. The van der Waals surface area contributed by atoms with Crippen molar-refractivity contribution in [1.29, 1.82) is 0 Å². The monoisotopic (exact) mass is 263 g/mol. The Morgan fingerprint density at radius 1 is 1.58 bits per heavy atom. The highest BCUT2D eigenvalue weighted by Crippen LogP contribution is 2.22. The third-order valence-electron chi connectivity index (χ3n) is 3.18. The van der Waals surface area contributed by atoms with E-state index in [1.807, 2.05) is 20.0 Å². The molecule has 1 aliphatic rings. The van der Waals surface area contributed by atoms with Crippen LogP contribution in [0.1, 0.15) is 25.8 Å². The molecule has 0 aliphatic carbocycles. The molecule has 104 valence electrons. The second-order valence-electron chi connectivity index (χ2n) is 4.86. The van der Waals surface area contributed by atoms with Gasteiger partial charge in [-0.05, 0) is 20.3 Å². The lowest BCUT2D eigenvalue weighted by Gasteiger charge is -2.20. The maximum absolute atomic E-state index is 11.1. The van der Waals surface area contributed by atoms with Crippen LogP contribution < -0.4 is 15.5 Å². The molecule has 1 amide bonds. The molecule has 1 unspecified atom stereocenters. The molecule has 0 saturated carbocycles. The van der Waals surface area contributed by atoms with E-state index in [9.17, 15) is 4.79 Å². The Morgan fingerprint density at radius 3 is 3.05 bits per heavy atom. The average Bonchev–Trinajstić information content (AvgIpc) is 2.79. The summed E-state index contributed by atoms with van der Waals surface area (Å²) in [4.78, 5) is 22.1. The molecule has 0 bridgehead atoms. The van der Waals surface area contributed by atoms with Crippen molar-refractivity contribution in [2.24, 2.45) is 0 Å². The highest BCUT2D eigenvalue weighted by molar-refractivity contribution is 5.73. The molecular formula is C13H21N5O. The van der Waals surface area contributed by atoms with Crippen LogP contribution in [-0.2, 0) is 4.79 Å². The Bertz CT molecular complexity index is 462. The number of carbonyl (C=O) groups excluding carboxylic acids is 1. The molecule has 0 aromatic carbocycles. The van der Waals surface area contributed by atoms with E-state index in [0.717, 1.165) is 37.4 Å². The van der Waals surface area contributed by atoms with Gasteiger partial charge in [0.1, 0.15) is 5.82 Å². The molecular weight excluding hydrogens is 242 g/mol. The molecule has 0 radical (unpaired) electrons. The SMILES string of the molecule is CCNc1ncc(C)c(N2CCC(NC(C)=O)C2)n1. The lowest BCUT2D eigenvalue weighted by atomic mass is 10.2. The van der Waals surface area contributed by atoms with Gasteiger partial charge in [0.25, 0.3) is 0 Å². The predicted molar refractivity (Wildman–Crippen MR) is 75.4 cm³/mol. The van der Waals surface area contributed by atoms with Crippen molar-refractivity contribution in [3.63, 3.8) is 0 Å². The van der Waals surface area contributed by atoms with Crippen LogP contribution in [0.5, 0.6) is 0 Å². The van der Waals surface area contributed by atoms with Gasteiger partial charge >= 0.3 is 0 Å². The van der Waals surface area contributed by atoms with Crippen molar-refractivity contribution in [1.82, 2.24) is 15.3 Å². The van der Waals surface area contributed by atoms with Gasteiger partial charge in [-0.25, -0.2) is 4.98 Å². The third-order valence-corrected chi connectivity index (χ3v) is 3.18. The number of hydrogen-bond acceptors (Lipinski definition) is 5. The van der Waals surface area contributed by atoms with Crippen molar-refractivity contribution in [3.8, 4) is 0 Å². The summed E-state index contributed by atoms with van der Waals surface area (Å²) in [7, 11) is 0. The molecule has 19 heavy (non-hydrogen) atoms. The molecule has 2 heterocycles. The van der Waals surface area contributed by atoms with Gasteiger partial charge < -0.3 is 15.5 Å². The van der Waals surface area contributed by atoms with E-state index in [-0.39, 0.29) is 11.9 Å². The Kier molecular flexibility index (Phi) is 4.19.